The van der Waals surface area contributed by atoms with Gasteiger partial charge in [0.25, 0.3) is 0 Å². The number of benzene rings is 2. The van der Waals surface area contributed by atoms with Crippen LogP contribution in [0.2, 0.25) is 0 Å². The molecule has 0 saturated carbocycles. The number of aromatic nitrogens is 3. The molecule has 9 heteroatoms. The maximum Gasteiger partial charge on any atom is 0.242 e. The predicted molar refractivity (Wildman–Crippen MR) is 139 cm³/mol. The van der Waals surface area contributed by atoms with Crippen LogP contribution < -0.4 is 5.32 Å². The van der Waals surface area contributed by atoms with E-state index in [4.69, 9.17) is 4.98 Å². The highest BCUT2D eigenvalue weighted by molar-refractivity contribution is 7.89. The molecule has 4 aromatic rings. The molecule has 8 nitrogen and oxygen atoms in total. The first kappa shape index (κ1) is 24.9. The summed E-state index contributed by atoms with van der Waals surface area (Å²) in [7, 11) is -0.508. The number of fused-ring (bicyclic) bond motifs is 2. The SMILES string of the molecule is CCCCn1c(CCC(=O)NCCc2c[nH]c3ccccc23)nc2cc(S(=O)(=O)N(C)C)ccc21. The number of nitrogens with zero attached hydrogens (tertiary/aromatic N) is 3. The first-order chi connectivity index (χ1) is 16.8. The number of hydrogen-bond acceptors (Lipinski definition) is 4. The molecule has 35 heavy (non-hydrogen) atoms. The number of aromatic amines is 1. The van der Waals surface area contributed by atoms with E-state index >= 15 is 0 Å². The van der Waals surface area contributed by atoms with Crippen molar-refractivity contribution in [3.05, 3.63) is 60.0 Å². The monoisotopic (exact) mass is 495 g/mol. The Morgan fingerprint density at radius 2 is 1.94 bits per heavy atom. The number of rotatable bonds is 11. The normalized spacial score (nSPS) is 12.1. The number of carbonyl (C=O) groups is 1. The van der Waals surface area contributed by atoms with Crippen LogP contribution in [0.5, 0.6) is 0 Å². The van der Waals surface area contributed by atoms with Gasteiger partial charge in [-0.2, -0.15) is 0 Å². The second-order valence-corrected chi connectivity index (χ2v) is 11.1. The van der Waals surface area contributed by atoms with Crippen molar-refractivity contribution in [2.75, 3.05) is 20.6 Å². The van der Waals surface area contributed by atoms with Gasteiger partial charge in [-0.1, -0.05) is 31.5 Å². The number of sulfonamides is 1. The summed E-state index contributed by atoms with van der Waals surface area (Å²) in [4.78, 5) is 20.8. The number of carbonyl (C=O) groups excluding carboxylic acids is 1. The lowest BCUT2D eigenvalue weighted by atomic mass is 10.1. The van der Waals surface area contributed by atoms with Crippen LogP contribution in [0.25, 0.3) is 21.9 Å². The van der Waals surface area contributed by atoms with Crippen LogP contribution in [0.4, 0.5) is 0 Å². The Morgan fingerprint density at radius 3 is 2.71 bits per heavy atom. The molecule has 0 fully saturated rings. The van der Waals surface area contributed by atoms with Gasteiger partial charge in [0.15, 0.2) is 0 Å². The van der Waals surface area contributed by atoms with Crippen molar-refractivity contribution in [1.82, 2.24) is 24.2 Å². The molecule has 0 unspecified atom stereocenters. The highest BCUT2D eigenvalue weighted by atomic mass is 32.2. The molecule has 2 N–H and O–H groups in total. The topological polar surface area (TPSA) is 100 Å². The maximum absolute atomic E-state index is 12.6. The third-order valence-corrected chi connectivity index (χ3v) is 8.09. The van der Waals surface area contributed by atoms with Gasteiger partial charge in [0.05, 0.1) is 15.9 Å². The Morgan fingerprint density at radius 1 is 1.14 bits per heavy atom. The molecule has 2 aromatic heterocycles. The lowest BCUT2D eigenvalue weighted by Crippen LogP contribution is -2.26. The molecule has 0 aliphatic heterocycles. The highest BCUT2D eigenvalue weighted by Crippen LogP contribution is 2.23. The van der Waals surface area contributed by atoms with E-state index in [2.05, 4.69) is 27.9 Å². The van der Waals surface area contributed by atoms with E-state index in [1.165, 1.54) is 29.4 Å². The quantitative estimate of drug-likeness (QED) is 0.330. The second-order valence-electron chi connectivity index (χ2n) is 8.93. The van der Waals surface area contributed by atoms with Crippen LogP contribution in [0, 0.1) is 0 Å². The molecule has 2 aromatic carbocycles. The maximum atomic E-state index is 12.6. The smallest absolute Gasteiger partial charge is 0.242 e. The molecule has 0 aliphatic rings. The minimum Gasteiger partial charge on any atom is -0.361 e. The first-order valence-corrected chi connectivity index (χ1v) is 13.5. The average Bonchev–Trinajstić information content (AvgIpc) is 3.41. The van der Waals surface area contributed by atoms with E-state index in [9.17, 15) is 13.2 Å². The molecule has 0 spiro atoms. The summed E-state index contributed by atoms with van der Waals surface area (Å²) in [5.41, 5.74) is 3.82. The third-order valence-electron chi connectivity index (χ3n) is 6.28. The molecule has 0 aliphatic carbocycles. The fourth-order valence-electron chi connectivity index (χ4n) is 4.28. The number of amides is 1. The summed E-state index contributed by atoms with van der Waals surface area (Å²) >= 11 is 0. The molecule has 0 radical (unpaired) electrons. The van der Waals surface area contributed by atoms with E-state index in [0.29, 0.717) is 24.9 Å². The Bertz CT molecular complexity index is 1440. The lowest BCUT2D eigenvalue weighted by Gasteiger charge is -2.11. The van der Waals surface area contributed by atoms with Gasteiger partial charge < -0.3 is 14.9 Å². The molecule has 0 bridgehead atoms. The van der Waals surface area contributed by atoms with Crippen LogP contribution in [0.3, 0.4) is 0 Å². The largest absolute Gasteiger partial charge is 0.361 e. The zero-order valence-electron chi connectivity index (χ0n) is 20.5. The van der Waals surface area contributed by atoms with Crippen molar-refractivity contribution in [3.63, 3.8) is 0 Å². The van der Waals surface area contributed by atoms with Crippen molar-refractivity contribution >= 4 is 37.9 Å². The number of aryl methyl sites for hydroxylation is 2. The van der Waals surface area contributed by atoms with E-state index in [-0.39, 0.29) is 10.8 Å². The number of imidazole rings is 1. The molecule has 2 heterocycles. The van der Waals surface area contributed by atoms with Crippen molar-refractivity contribution in [2.45, 2.75) is 50.5 Å². The molecule has 4 rings (SSSR count). The van der Waals surface area contributed by atoms with Gasteiger partial charge in [-0.05, 0) is 42.7 Å². The zero-order chi connectivity index (χ0) is 25.0. The van der Waals surface area contributed by atoms with E-state index in [1.807, 2.05) is 30.5 Å². The van der Waals surface area contributed by atoms with Gasteiger partial charge in [-0.3, -0.25) is 4.79 Å². The number of H-pyrrole nitrogens is 1. The zero-order valence-corrected chi connectivity index (χ0v) is 21.4. The number of hydrogen-bond donors (Lipinski definition) is 2. The van der Waals surface area contributed by atoms with Crippen LogP contribution in [-0.4, -0.2) is 53.8 Å². The van der Waals surface area contributed by atoms with Crippen LogP contribution in [0.1, 0.15) is 37.6 Å². The van der Waals surface area contributed by atoms with Gasteiger partial charge in [0.1, 0.15) is 5.82 Å². The van der Waals surface area contributed by atoms with Crippen molar-refractivity contribution in [1.29, 1.82) is 0 Å². The summed E-state index contributed by atoms with van der Waals surface area (Å²) in [5.74, 6) is 0.787. The predicted octanol–water partition coefficient (Wildman–Crippen LogP) is 3.86. The second kappa shape index (κ2) is 10.6. The molecular formula is C26H33N5O3S. The summed E-state index contributed by atoms with van der Waals surface area (Å²) < 4.78 is 28.4. The van der Waals surface area contributed by atoms with Gasteiger partial charge in [-0.15, -0.1) is 0 Å². The highest BCUT2D eigenvalue weighted by Gasteiger charge is 2.20. The fourth-order valence-corrected chi connectivity index (χ4v) is 5.20. The Balaban J connectivity index is 1.43. The van der Waals surface area contributed by atoms with Crippen molar-refractivity contribution in [2.24, 2.45) is 0 Å². The van der Waals surface area contributed by atoms with Gasteiger partial charge in [-0.25, -0.2) is 17.7 Å². The molecule has 186 valence electrons. The molecule has 1 amide bonds. The molecular weight excluding hydrogens is 462 g/mol. The molecule has 0 atom stereocenters. The standard InChI is InChI=1S/C26H33N5O3S/c1-4-5-16-31-24-11-10-20(35(33,34)30(2)3)17-23(24)29-25(31)12-13-26(32)27-15-14-19-18-28-22-9-7-6-8-21(19)22/h6-11,17-18,28H,4-5,12-16H2,1-3H3,(H,27,32). The van der Waals surface area contributed by atoms with Gasteiger partial charge in [0.2, 0.25) is 15.9 Å². The summed E-state index contributed by atoms with van der Waals surface area (Å²) in [6.45, 7) is 3.48. The minimum atomic E-state index is -3.54. The number of para-hydroxylation sites is 1. The molecule has 0 saturated heterocycles. The van der Waals surface area contributed by atoms with Crippen LogP contribution in [-0.2, 0) is 34.2 Å². The minimum absolute atomic E-state index is 0.0187. The third kappa shape index (κ3) is 5.41. The summed E-state index contributed by atoms with van der Waals surface area (Å²) in [6.07, 6.45) is 5.58. The van der Waals surface area contributed by atoms with Crippen LogP contribution in [0.15, 0.2) is 53.6 Å². The van der Waals surface area contributed by atoms with Crippen molar-refractivity contribution < 1.29 is 13.2 Å². The first-order valence-electron chi connectivity index (χ1n) is 12.0. The fraction of sp³-hybridized carbons (Fsp3) is 0.385. The Kier molecular flexibility index (Phi) is 7.57. The summed E-state index contributed by atoms with van der Waals surface area (Å²) in [6, 6.07) is 13.2. The Labute approximate surface area is 206 Å². The Hall–Kier alpha value is -3.17. The number of unbranched alkanes of at least 4 members (excludes halogenated alkanes) is 1. The van der Waals surface area contributed by atoms with E-state index < -0.39 is 10.0 Å². The average molecular weight is 496 g/mol. The van der Waals surface area contributed by atoms with Gasteiger partial charge >= 0.3 is 0 Å². The number of nitrogens with one attached hydrogen (secondary N) is 2. The lowest BCUT2D eigenvalue weighted by molar-refractivity contribution is -0.121. The summed E-state index contributed by atoms with van der Waals surface area (Å²) in [5, 5.41) is 4.20. The van der Waals surface area contributed by atoms with E-state index in [0.717, 1.165) is 42.7 Å². The van der Waals surface area contributed by atoms with Gasteiger partial charge in [0, 0.05) is 57.1 Å². The van der Waals surface area contributed by atoms with Crippen LogP contribution >= 0.6 is 0 Å². The van der Waals surface area contributed by atoms with E-state index in [1.54, 1.807) is 12.1 Å². The van der Waals surface area contributed by atoms with Crippen molar-refractivity contribution in [3.8, 4) is 0 Å².